The number of hydrogen-bond acceptors (Lipinski definition) is 3. The average molecular weight is 225 g/mol. The summed E-state index contributed by atoms with van der Waals surface area (Å²) in [4.78, 5) is 4.21. The van der Waals surface area contributed by atoms with Gasteiger partial charge in [0.2, 0.25) is 0 Å². The van der Waals surface area contributed by atoms with Crippen molar-refractivity contribution in [3.63, 3.8) is 0 Å². The Morgan fingerprint density at radius 1 is 1.38 bits per heavy atom. The number of aliphatic hydroxyl groups is 1. The van der Waals surface area contributed by atoms with Gasteiger partial charge in [-0.1, -0.05) is 34.6 Å². The van der Waals surface area contributed by atoms with Crippen LogP contribution in [0.2, 0.25) is 0 Å². The second kappa shape index (κ2) is 4.95. The van der Waals surface area contributed by atoms with E-state index in [2.05, 4.69) is 23.9 Å². The van der Waals surface area contributed by atoms with Gasteiger partial charge in [-0.2, -0.15) is 5.10 Å². The van der Waals surface area contributed by atoms with E-state index in [-0.39, 0.29) is 11.5 Å². The molecule has 16 heavy (non-hydrogen) atoms. The summed E-state index contributed by atoms with van der Waals surface area (Å²) < 4.78 is 1.89. The SMILES string of the molecule is CC(C)Cn1ncnc1CC(O)C(C)(C)C. The van der Waals surface area contributed by atoms with E-state index in [1.165, 1.54) is 0 Å². The van der Waals surface area contributed by atoms with E-state index in [1.807, 2.05) is 25.5 Å². The van der Waals surface area contributed by atoms with Crippen molar-refractivity contribution in [3.05, 3.63) is 12.2 Å². The molecular weight excluding hydrogens is 202 g/mol. The van der Waals surface area contributed by atoms with Crippen molar-refractivity contribution >= 4 is 0 Å². The third kappa shape index (κ3) is 3.59. The van der Waals surface area contributed by atoms with Crippen LogP contribution >= 0.6 is 0 Å². The van der Waals surface area contributed by atoms with Crippen LogP contribution in [0, 0.1) is 11.3 Å². The molecular formula is C12H23N3O. The zero-order chi connectivity index (χ0) is 12.3. The molecule has 0 amide bonds. The molecule has 1 aromatic rings. The van der Waals surface area contributed by atoms with Gasteiger partial charge in [0, 0.05) is 13.0 Å². The van der Waals surface area contributed by atoms with Crippen molar-refractivity contribution in [3.8, 4) is 0 Å². The van der Waals surface area contributed by atoms with E-state index in [0.29, 0.717) is 12.3 Å². The van der Waals surface area contributed by atoms with Gasteiger partial charge < -0.3 is 5.11 Å². The van der Waals surface area contributed by atoms with Crippen LogP contribution in [0.25, 0.3) is 0 Å². The molecule has 0 bridgehead atoms. The first kappa shape index (κ1) is 13.2. The van der Waals surface area contributed by atoms with Crippen molar-refractivity contribution in [1.82, 2.24) is 14.8 Å². The molecule has 1 N–H and O–H groups in total. The maximum atomic E-state index is 10.0. The van der Waals surface area contributed by atoms with Gasteiger partial charge in [-0.3, -0.25) is 0 Å². The van der Waals surface area contributed by atoms with Crippen LogP contribution in [0.5, 0.6) is 0 Å². The zero-order valence-corrected chi connectivity index (χ0v) is 10.9. The van der Waals surface area contributed by atoms with Crippen molar-refractivity contribution in [2.75, 3.05) is 0 Å². The summed E-state index contributed by atoms with van der Waals surface area (Å²) in [6, 6.07) is 0. The highest BCUT2D eigenvalue weighted by molar-refractivity contribution is 4.91. The first-order valence-corrected chi connectivity index (χ1v) is 5.85. The molecule has 0 fully saturated rings. The van der Waals surface area contributed by atoms with Crippen molar-refractivity contribution in [2.45, 2.75) is 53.7 Å². The largest absolute Gasteiger partial charge is 0.392 e. The highest BCUT2D eigenvalue weighted by atomic mass is 16.3. The van der Waals surface area contributed by atoms with Gasteiger partial charge in [0.25, 0.3) is 0 Å². The van der Waals surface area contributed by atoms with Crippen molar-refractivity contribution in [2.24, 2.45) is 11.3 Å². The summed E-state index contributed by atoms with van der Waals surface area (Å²) in [7, 11) is 0. The zero-order valence-electron chi connectivity index (χ0n) is 10.9. The first-order chi connectivity index (χ1) is 7.30. The standard InChI is InChI=1S/C12H23N3O/c1-9(2)7-15-11(13-8-14-15)6-10(16)12(3,4)5/h8-10,16H,6-7H2,1-5H3. The van der Waals surface area contributed by atoms with Gasteiger partial charge in [0.05, 0.1) is 6.10 Å². The Labute approximate surface area is 97.7 Å². The van der Waals surface area contributed by atoms with Crippen LogP contribution in [-0.2, 0) is 13.0 Å². The smallest absolute Gasteiger partial charge is 0.138 e. The Kier molecular flexibility index (Phi) is 4.08. The van der Waals surface area contributed by atoms with Gasteiger partial charge >= 0.3 is 0 Å². The molecule has 0 saturated heterocycles. The summed E-state index contributed by atoms with van der Waals surface area (Å²) in [5, 5.41) is 14.2. The summed E-state index contributed by atoms with van der Waals surface area (Å²) in [6.07, 6.45) is 1.74. The Bertz CT molecular complexity index is 325. The Hall–Kier alpha value is -0.900. The molecule has 4 heteroatoms. The lowest BCUT2D eigenvalue weighted by atomic mass is 9.87. The molecule has 4 nitrogen and oxygen atoms in total. The van der Waals surface area contributed by atoms with E-state index in [0.717, 1.165) is 12.4 Å². The number of hydrogen-bond donors (Lipinski definition) is 1. The first-order valence-electron chi connectivity index (χ1n) is 5.85. The second-order valence-electron chi connectivity index (χ2n) is 5.84. The van der Waals surface area contributed by atoms with Crippen LogP contribution in [0.15, 0.2) is 6.33 Å². The fourth-order valence-electron chi connectivity index (χ4n) is 1.42. The third-order valence-corrected chi connectivity index (χ3v) is 2.61. The van der Waals surface area contributed by atoms with Gasteiger partial charge in [0.1, 0.15) is 12.2 Å². The Balaban J connectivity index is 2.70. The molecule has 1 unspecified atom stereocenters. The molecule has 0 radical (unpaired) electrons. The monoisotopic (exact) mass is 225 g/mol. The van der Waals surface area contributed by atoms with Gasteiger partial charge in [-0.25, -0.2) is 9.67 Å². The quantitative estimate of drug-likeness (QED) is 0.851. The van der Waals surface area contributed by atoms with Gasteiger partial charge in [-0.15, -0.1) is 0 Å². The van der Waals surface area contributed by atoms with E-state index >= 15 is 0 Å². The number of aliphatic hydroxyl groups excluding tert-OH is 1. The summed E-state index contributed by atoms with van der Waals surface area (Å²) >= 11 is 0. The predicted octanol–water partition coefficient (Wildman–Crippen LogP) is 1.88. The fraction of sp³-hybridized carbons (Fsp3) is 0.833. The molecule has 0 saturated carbocycles. The lowest BCUT2D eigenvalue weighted by Crippen LogP contribution is -2.29. The highest BCUT2D eigenvalue weighted by Crippen LogP contribution is 2.21. The molecule has 0 aliphatic rings. The van der Waals surface area contributed by atoms with Gasteiger partial charge in [0.15, 0.2) is 0 Å². The summed E-state index contributed by atoms with van der Waals surface area (Å²) in [5.74, 6) is 1.41. The lowest BCUT2D eigenvalue weighted by molar-refractivity contribution is 0.0607. The molecule has 92 valence electrons. The minimum absolute atomic E-state index is 0.116. The fourth-order valence-corrected chi connectivity index (χ4v) is 1.42. The molecule has 1 heterocycles. The predicted molar refractivity (Wildman–Crippen MR) is 64.0 cm³/mol. The molecule has 0 spiro atoms. The number of nitrogens with zero attached hydrogens (tertiary/aromatic N) is 3. The molecule has 1 aromatic heterocycles. The Morgan fingerprint density at radius 3 is 2.50 bits per heavy atom. The minimum atomic E-state index is -0.386. The van der Waals surface area contributed by atoms with Crippen molar-refractivity contribution < 1.29 is 5.11 Å². The van der Waals surface area contributed by atoms with Crippen molar-refractivity contribution in [1.29, 1.82) is 0 Å². The maximum Gasteiger partial charge on any atom is 0.138 e. The average Bonchev–Trinajstić information content (AvgIpc) is 2.50. The number of aromatic nitrogens is 3. The Morgan fingerprint density at radius 2 is 2.00 bits per heavy atom. The minimum Gasteiger partial charge on any atom is -0.392 e. The summed E-state index contributed by atoms with van der Waals surface area (Å²) in [6.45, 7) is 11.2. The lowest BCUT2D eigenvalue weighted by Gasteiger charge is -2.25. The molecule has 0 aliphatic carbocycles. The summed E-state index contributed by atoms with van der Waals surface area (Å²) in [5.41, 5.74) is -0.116. The molecule has 1 rings (SSSR count). The number of rotatable bonds is 4. The van der Waals surface area contributed by atoms with Crippen LogP contribution in [0.3, 0.4) is 0 Å². The molecule has 1 atom stereocenters. The molecule has 0 aliphatic heterocycles. The van der Waals surface area contributed by atoms with E-state index in [9.17, 15) is 5.11 Å². The van der Waals surface area contributed by atoms with Gasteiger partial charge in [-0.05, 0) is 11.3 Å². The van der Waals surface area contributed by atoms with Crippen LogP contribution in [-0.4, -0.2) is 26.0 Å². The van der Waals surface area contributed by atoms with E-state index < -0.39 is 0 Å². The topological polar surface area (TPSA) is 50.9 Å². The van der Waals surface area contributed by atoms with Crippen LogP contribution < -0.4 is 0 Å². The third-order valence-electron chi connectivity index (χ3n) is 2.61. The second-order valence-corrected chi connectivity index (χ2v) is 5.84. The normalized spacial score (nSPS) is 14.4. The van der Waals surface area contributed by atoms with E-state index in [1.54, 1.807) is 6.33 Å². The maximum absolute atomic E-state index is 10.0. The van der Waals surface area contributed by atoms with E-state index in [4.69, 9.17) is 0 Å². The highest BCUT2D eigenvalue weighted by Gasteiger charge is 2.24. The van der Waals surface area contributed by atoms with Crippen LogP contribution in [0.4, 0.5) is 0 Å². The molecule has 0 aromatic carbocycles. The van der Waals surface area contributed by atoms with Crippen LogP contribution in [0.1, 0.15) is 40.4 Å².